The van der Waals surface area contributed by atoms with E-state index in [9.17, 15) is 0 Å². The molecule has 0 fully saturated rings. The van der Waals surface area contributed by atoms with Crippen LogP contribution in [0, 0.1) is 17.2 Å². The van der Waals surface area contributed by atoms with Gasteiger partial charge >= 0.3 is 0 Å². The molecule has 2 aromatic carbocycles. The summed E-state index contributed by atoms with van der Waals surface area (Å²) in [5, 5.41) is 13.0. The number of hydrogen-bond donors (Lipinski definition) is 1. The van der Waals surface area contributed by atoms with E-state index >= 15 is 0 Å². The summed E-state index contributed by atoms with van der Waals surface area (Å²) in [7, 11) is 4.45. The monoisotopic (exact) mass is 524 g/mol. The van der Waals surface area contributed by atoms with E-state index in [0.29, 0.717) is 34.8 Å². The molecular weight excluding hydrogens is 482 g/mol. The molecule has 0 aliphatic carbocycles. The van der Waals surface area contributed by atoms with Gasteiger partial charge in [0.05, 0.1) is 37.8 Å². The van der Waals surface area contributed by atoms with Gasteiger partial charge in [0.25, 0.3) is 0 Å². The molecule has 1 N–H and O–H groups in total. The lowest BCUT2D eigenvalue weighted by Gasteiger charge is -2.33. The van der Waals surface area contributed by atoms with E-state index in [1.54, 1.807) is 18.2 Å². The van der Waals surface area contributed by atoms with Gasteiger partial charge in [0.15, 0.2) is 12.0 Å². The van der Waals surface area contributed by atoms with Gasteiger partial charge in [0.2, 0.25) is 0 Å². The molecule has 200 valence electrons. The van der Waals surface area contributed by atoms with Crippen molar-refractivity contribution in [3.8, 4) is 11.8 Å². The summed E-state index contributed by atoms with van der Waals surface area (Å²) in [5.41, 5.74) is 1.82. The quantitative estimate of drug-likeness (QED) is 0.197. The second-order valence-electron chi connectivity index (χ2n) is 10.7. The summed E-state index contributed by atoms with van der Waals surface area (Å²) in [5.74, 6) is 2.60. The zero-order valence-electron chi connectivity index (χ0n) is 22.9. The van der Waals surface area contributed by atoms with E-state index in [1.807, 2.05) is 0 Å². The van der Waals surface area contributed by atoms with Crippen molar-refractivity contribution >= 4 is 11.6 Å². The van der Waals surface area contributed by atoms with Crippen LogP contribution < -0.4 is 10.1 Å². The Morgan fingerprint density at radius 3 is 2.57 bits per heavy atom. The van der Waals surface area contributed by atoms with Crippen LogP contribution >= 0.6 is 11.6 Å². The van der Waals surface area contributed by atoms with Crippen molar-refractivity contribution in [3.05, 3.63) is 76.6 Å². The van der Waals surface area contributed by atoms with Crippen LogP contribution in [-0.4, -0.2) is 44.5 Å². The van der Waals surface area contributed by atoms with Crippen molar-refractivity contribution in [1.82, 2.24) is 5.32 Å². The highest BCUT2D eigenvalue weighted by atomic mass is 35.5. The first-order valence-corrected chi connectivity index (χ1v) is 14.1. The predicted molar refractivity (Wildman–Crippen MR) is 151 cm³/mol. The SMILES string of the molecule is CCCCCC(CC)C(c1ccccc1)C1NC=C(C[N+](C)(C)CCCOc2ccc(C#N)c(Cl)c2)O1. The Kier molecular flexibility index (Phi) is 11.2. The van der Waals surface area contributed by atoms with Crippen molar-refractivity contribution in [2.75, 3.05) is 33.8 Å². The fourth-order valence-electron chi connectivity index (χ4n) is 5.19. The number of benzene rings is 2. The van der Waals surface area contributed by atoms with Crippen molar-refractivity contribution in [2.45, 2.75) is 64.5 Å². The van der Waals surface area contributed by atoms with Gasteiger partial charge in [-0.2, -0.15) is 5.26 Å². The predicted octanol–water partition coefficient (Wildman–Crippen LogP) is 7.23. The zero-order valence-corrected chi connectivity index (χ0v) is 23.6. The molecule has 1 aliphatic heterocycles. The van der Waals surface area contributed by atoms with Gasteiger partial charge in [0, 0.05) is 24.6 Å². The second-order valence-corrected chi connectivity index (χ2v) is 11.1. The molecule has 1 heterocycles. The van der Waals surface area contributed by atoms with Crippen LogP contribution in [0.4, 0.5) is 0 Å². The van der Waals surface area contributed by atoms with Crippen LogP contribution in [0.25, 0.3) is 0 Å². The smallest absolute Gasteiger partial charge is 0.176 e. The summed E-state index contributed by atoms with van der Waals surface area (Å²) < 4.78 is 13.2. The molecule has 3 atom stereocenters. The first kappa shape index (κ1) is 28.9. The maximum atomic E-state index is 9.02. The number of nitrogens with one attached hydrogen (secondary N) is 1. The van der Waals surface area contributed by atoms with Crippen LogP contribution in [0.1, 0.15) is 69.4 Å². The summed E-state index contributed by atoms with van der Waals surface area (Å²) in [6.45, 7) is 6.94. The minimum atomic E-state index is -0.0339. The Balaban J connectivity index is 1.53. The van der Waals surface area contributed by atoms with Gasteiger partial charge in [-0.3, -0.25) is 0 Å². The molecule has 3 rings (SSSR count). The van der Waals surface area contributed by atoms with E-state index in [1.165, 1.54) is 31.2 Å². The van der Waals surface area contributed by atoms with Crippen molar-refractivity contribution in [2.24, 2.45) is 5.92 Å². The van der Waals surface area contributed by atoms with Gasteiger partial charge in [-0.25, -0.2) is 0 Å². The molecule has 37 heavy (non-hydrogen) atoms. The molecule has 3 unspecified atom stereocenters. The molecule has 0 aromatic heterocycles. The van der Waals surface area contributed by atoms with Crippen LogP contribution in [0.3, 0.4) is 0 Å². The molecule has 6 heteroatoms. The molecule has 0 saturated carbocycles. The lowest BCUT2D eigenvalue weighted by Crippen LogP contribution is -2.43. The highest BCUT2D eigenvalue weighted by molar-refractivity contribution is 6.31. The molecule has 0 saturated heterocycles. The van der Waals surface area contributed by atoms with Gasteiger partial charge in [-0.15, -0.1) is 0 Å². The number of likely N-dealkylation sites (N-methyl/N-ethyl adjacent to an activating group) is 1. The van der Waals surface area contributed by atoms with Gasteiger partial charge in [-0.1, -0.05) is 81.5 Å². The molecule has 0 spiro atoms. The average molecular weight is 525 g/mol. The summed E-state index contributed by atoms with van der Waals surface area (Å²) >= 11 is 6.11. The molecule has 0 amide bonds. The molecule has 1 aliphatic rings. The maximum absolute atomic E-state index is 9.02. The fourth-order valence-corrected chi connectivity index (χ4v) is 5.40. The lowest BCUT2D eigenvalue weighted by molar-refractivity contribution is -0.887. The Bertz CT molecular complexity index is 1050. The minimum Gasteiger partial charge on any atom is -0.493 e. The van der Waals surface area contributed by atoms with E-state index in [2.05, 4.69) is 75.9 Å². The number of nitriles is 1. The third kappa shape index (κ3) is 8.69. The molecule has 2 aromatic rings. The number of rotatable bonds is 15. The number of hydrogen-bond acceptors (Lipinski definition) is 4. The summed E-state index contributed by atoms with van der Waals surface area (Å²) in [4.78, 5) is 0. The van der Waals surface area contributed by atoms with Gasteiger partial charge in [0.1, 0.15) is 18.4 Å². The largest absolute Gasteiger partial charge is 0.493 e. The van der Waals surface area contributed by atoms with Crippen LogP contribution in [0.2, 0.25) is 5.02 Å². The molecule has 0 bridgehead atoms. The Labute approximate surface area is 228 Å². The summed E-state index contributed by atoms with van der Waals surface area (Å²) in [6.07, 6.45) is 9.12. The first-order valence-electron chi connectivity index (χ1n) is 13.7. The lowest BCUT2D eigenvalue weighted by atomic mass is 9.80. The Morgan fingerprint density at radius 2 is 1.89 bits per heavy atom. The molecule has 0 radical (unpaired) electrons. The van der Waals surface area contributed by atoms with Crippen LogP contribution in [-0.2, 0) is 4.74 Å². The number of halogens is 1. The Morgan fingerprint density at radius 1 is 1.11 bits per heavy atom. The first-order chi connectivity index (χ1) is 17.9. The average Bonchev–Trinajstić information content (AvgIpc) is 3.33. The normalized spacial score (nSPS) is 16.8. The van der Waals surface area contributed by atoms with E-state index < -0.39 is 0 Å². The number of quaternary nitrogens is 1. The van der Waals surface area contributed by atoms with Gasteiger partial charge < -0.3 is 19.3 Å². The van der Waals surface area contributed by atoms with Crippen molar-refractivity contribution in [3.63, 3.8) is 0 Å². The van der Waals surface area contributed by atoms with E-state index in [-0.39, 0.29) is 6.23 Å². The second kappa shape index (κ2) is 14.3. The number of ether oxygens (including phenoxy) is 2. The highest BCUT2D eigenvalue weighted by Crippen LogP contribution is 2.37. The van der Waals surface area contributed by atoms with Gasteiger partial charge in [-0.05, 0) is 30.0 Å². The fraction of sp³-hybridized carbons (Fsp3) is 0.516. The third-order valence-corrected chi connectivity index (χ3v) is 7.54. The Hall–Kier alpha value is -2.68. The zero-order chi connectivity index (χ0) is 26.7. The van der Waals surface area contributed by atoms with E-state index in [0.717, 1.165) is 36.2 Å². The van der Waals surface area contributed by atoms with Crippen molar-refractivity contribution in [1.29, 1.82) is 5.26 Å². The number of nitrogens with zero attached hydrogens (tertiary/aromatic N) is 2. The number of unbranched alkanes of at least 4 members (excludes halogenated alkanes) is 2. The van der Waals surface area contributed by atoms with E-state index in [4.69, 9.17) is 26.3 Å². The summed E-state index contributed by atoms with van der Waals surface area (Å²) in [6, 6.07) is 18.1. The molecule has 5 nitrogen and oxygen atoms in total. The maximum Gasteiger partial charge on any atom is 0.176 e. The van der Waals surface area contributed by atoms with Crippen LogP contribution in [0.15, 0.2) is 60.5 Å². The standard InChI is InChI=1S/C31H43ClN3O2/c1-5-7-9-13-24(6-2)30(25-14-10-8-11-15-25)31-34-22-28(37-31)23-35(3,4)18-12-19-36-27-17-16-26(21-33)29(32)20-27/h8,10-11,14-17,20,22,24,30-31,34H,5-7,9,12-13,18-19,23H2,1-4H3/q+1. The third-order valence-electron chi connectivity index (χ3n) is 7.23. The van der Waals surface area contributed by atoms with Crippen LogP contribution in [0.5, 0.6) is 5.75 Å². The minimum absolute atomic E-state index is 0.0339. The topological polar surface area (TPSA) is 54.3 Å². The van der Waals surface area contributed by atoms with Crippen molar-refractivity contribution < 1.29 is 14.0 Å². The molecular formula is C31H43ClN3O2+. The highest BCUT2D eigenvalue weighted by Gasteiger charge is 2.35.